The van der Waals surface area contributed by atoms with Crippen LogP contribution in [0.2, 0.25) is 0 Å². The number of aromatic nitrogens is 1. The largest absolute Gasteiger partial charge is 0.350 e. The summed E-state index contributed by atoms with van der Waals surface area (Å²) >= 11 is 0. The first-order valence-electron chi connectivity index (χ1n) is 9.48. The van der Waals surface area contributed by atoms with Crippen LogP contribution >= 0.6 is 0 Å². The van der Waals surface area contributed by atoms with Crippen molar-refractivity contribution >= 4 is 16.8 Å². The molecule has 1 amide bonds. The number of rotatable bonds is 5. The van der Waals surface area contributed by atoms with Gasteiger partial charge < -0.3 is 10.3 Å². The number of pyridine rings is 1. The predicted octanol–water partition coefficient (Wildman–Crippen LogP) is 2.95. The number of amides is 1. The Bertz CT molecular complexity index is 1060. The van der Waals surface area contributed by atoms with E-state index in [0.29, 0.717) is 17.7 Å². The summed E-state index contributed by atoms with van der Waals surface area (Å²) in [6.07, 6.45) is 1.62. The van der Waals surface area contributed by atoms with Gasteiger partial charge in [-0.25, -0.2) is 4.39 Å². The van der Waals surface area contributed by atoms with Crippen LogP contribution in [0.5, 0.6) is 0 Å². The van der Waals surface area contributed by atoms with Crippen LogP contribution in [-0.2, 0) is 17.9 Å². The van der Waals surface area contributed by atoms with Crippen molar-refractivity contribution in [1.29, 1.82) is 0 Å². The highest BCUT2D eigenvalue weighted by atomic mass is 19.1. The molecule has 144 valence electrons. The number of carbonyl (C=O) groups excluding carboxylic acids is 1. The molecule has 0 radical (unpaired) electrons. The van der Waals surface area contributed by atoms with Crippen molar-refractivity contribution in [2.75, 3.05) is 6.54 Å². The molecule has 1 saturated heterocycles. The van der Waals surface area contributed by atoms with Crippen LogP contribution in [0.4, 0.5) is 4.39 Å². The maximum atomic E-state index is 13.9. The van der Waals surface area contributed by atoms with E-state index in [9.17, 15) is 14.0 Å². The third-order valence-electron chi connectivity index (χ3n) is 5.28. The normalized spacial score (nSPS) is 17.1. The molecule has 0 spiro atoms. The second-order valence-electron chi connectivity index (χ2n) is 7.15. The van der Waals surface area contributed by atoms with Gasteiger partial charge in [0.15, 0.2) is 0 Å². The summed E-state index contributed by atoms with van der Waals surface area (Å²) in [4.78, 5) is 29.8. The van der Waals surface area contributed by atoms with Gasteiger partial charge in [0.2, 0.25) is 5.91 Å². The van der Waals surface area contributed by atoms with Crippen LogP contribution in [0.3, 0.4) is 0 Å². The Morgan fingerprint density at radius 1 is 1.14 bits per heavy atom. The minimum Gasteiger partial charge on any atom is -0.350 e. The highest BCUT2D eigenvalue weighted by Crippen LogP contribution is 2.21. The first-order valence-corrected chi connectivity index (χ1v) is 9.48. The van der Waals surface area contributed by atoms with Gasteiger partial charge in [-0.3, -0.25) is 14.5 Å². The lowest BCUT2D eigenvalue weighted by atomic mass is 10.1. The molecule has 1 aliphatic rings. The van der Waals surface area contributed by atoms with Crippen LogP contribution < -0.4 is 10.9 Å². The smallest absolute Gasteiger partial charge is 0.253 e. The maximum Gasteiger partial charge on any atom is 0.253 e. The minimum absolute atomic E-state index is 0.124. The molecular formula is C22H22FN3O2. The summed E-state index contributed by atoms with van der Waals surface area (Å²) in [5.74, 6) is -0.377. The number of benzene rings is 2. The topological polar surface area (TPSA) is 65.2 Å². The number of likely N-dealkylation sites (tertiary alicyclic amines) is 1. The molecule has 3 aromatic rings. The Hall–Kier alpha value is -2.99. The van der Waals surface area contributed by atoms with E-state index in [-0.39, 0.29) is 29.9 Å². The number of hydrogen-bond donors (Lipinski definition) is 2. The van der Waals surface area contributed by atoms with Crippen LogP contribution in [0.15, 0.2) is 59.4 Å². The number of halogens is 1. The Kier molecular flexibility index (Phi) is 5.21. The summed E-state index contributed by atoms with van der Waals surface area (Å²) in [5, 5.41) is 3.81. The first kappa shape index (κ1) is 18.4. The molecule has 4 rings (SSSR count). The van der Waals surface area contributed by atoms with E-state index in [1.807, 2.05) is 29.2 Å². The Morgan fingerprint density at radius 3 is 2.79 bits per heavy atom. The summed E-state index contributed by atoms with van der Waals surface area (Å²) in [5.41, 5.74) is 1.68. The van der Waals surface area contributed by atoms with Crippen LogP contribution in [-0.4, -0.2) is 28.4 Å². The van der Waals surface area contributed by atoms with Gasteiger partial charge in [0.1, 0.15) is 5.82 Å². The monoisotopic (exact) mass is 379 g/mol. The van der Waals surface area contributed by atoms with Crippen molar-refractivity contribution in [2.45, 2.75) is 32.0 Å². The fourth-order valence-electron chi connectivity index (χ4n) is 3.78. The second kappa shape index (κ2) is 7.94. The number of carbonyl (C=O) groups is 1. The summed E-state index contributed by atoms with van der Waals surface area (Å²) in [7, 11) is 0. The Labute approximate surface area is 162 Å². The van der Waals surface area contributed by atoms with Crippen molar-refractivity contribution in [3.63, 3.8) is 0 Å². The molecule has 0 bridgehead atoms. The van der Waals surface area contributed by atoms with Crippen molar-refractivity contribution in [2.24, 2.45) is 0 Å². The Balaban J connectivity index is 1.44. The molecule has 0 aliphatic carbocycles. The van der Waals surface area contributed by atoms with E-state index in [2.05, 4.69) is 10.3 Å². The number of nitrogens with zero attached hydrogens (tertiary/aromatic N) is 1. The summed E-state index contributed by atoms with van der Waals surface area (Å²) in [6.45, 7) is 1.33. The number of fused-ring (bicyclic) bond motifs is 1. The highest BCUT2D eigenvalue weighted by Gasteiger charge is 2.31. The minimum atomic E-state index is -0.306. The van der Waals surface area contributed by atoms with E-state index < -0.39 is 0 Å². The van der Waals surface area contributed by atoms with Gasteiger partial charge in [-0.2, -0.15) is 0 Å². The fraction of sp³-hybridized carbons (Fsp3) is 0.273. The van der Waals surface area contributed by atoms with E-state index in [1.165, 1.54) is 6.07 Å². The van der Waals surface area contributed by atoms with Crippen molar-refractivity contribution in [1.82, 2.24) is 15.2 Å². The zero-order valence-electron chi connectivity index (χ0n) is 15.5. The third kappa shape index (κ3) is 3.82. The first-order chi connectivity index (χ1) is 13.6. The van der Waals surface area contributed by atoms with Crippen molar-refractivity contribution < 1.29 is 9.18 Å². The standard InChI is InChI=1S/C22H22FN3O2/c23-18-8-3-1-7-16(18)14-26-11-5-10-20(26)22(28)24-13-17-12-15-6-2-4-9-19(15)25-21(17)27/h1-4,6-9,12,20H,5,10-11,13-14H2,(H,24,28)(H,25,27). The molecular weight excluding hydrogens is 357 g/mol. The number of aromatic amines is 1. The van der Waals surface area contributed by atoms with E-state index >= 15 is 0 Å². The molecule has 1 unspecified atom stereocenters. The molecule has 28 heavy (non-hydrogen) atoms. The molecule has 5 nitrogen and oxygen atoms in total. The molecule has 2 N–H and O–H groups in total. The molecule has 0 saturated carbocycles. The lowest BCUT2D eigenvalue weighted by molar-refractivity contribution is -0.125. The second-order valence-corrected chi connectivity index (χ2v) is 7.15. The molecule has 1 aromatic heterocycles. The average molecular weight is 379 g/mol. The van der Waals surface area contributed by atoms with Crippen LogP contribution in [0, 0.1) is 5.82 Å². The maximum absolute atomic E-state index is 13.9. The quantitative estimate of drug-likeness (QED) is 0.716. The van der Waals surface area contributed by atoms with Gasteiger partial charge in [0.25, 0.3) is 5.56 Å². The van der Waals surface area contributed by atoms with E-state index in [0.717, 1.165) is 30.3 Å². The lowest BCUT2D eigenvalue weighted by Crippen LogP contribution is -2.43. The summed E-state index contributed by atoms with van der Waals surface area (Å²) < 4.78 is 13.9. The van der Waals surface area contributed by atoms with Gasteiger partial charge in [-0.1, -0.05) is 36.4 Å². The van der Waals surface area contributed by atoms with Gasteiger partial charge in [0.05, 0.1) is 6.04 Å². The molecule has 1 aliphatic heterocycles. The van der Waals surface area contributed by atoms with Gasteiger partial charge in [-0.15, -0.1) is 0 Å². The number of nitrogens with one attached hydrogen (secondary N) is 2. The zero-order chi connectivity index (χ0) is 19.5. The average Bonchev–Trinajstić information content (AvgIpc) is 3.16. The third-order valence-corrected chi connectivity index (χ3v) is 5.28. The Morgan fingerprint density at radius 2 is 1.93 bits per heavy atom. The molecule has 1 atom stereocenters. The van der Waals surface area contributed by atoms with Crippen LogP contribution in [0.25, 0.3) is 10.9 Å². The number of para-hydroxylation sites is 1. The van der Waals surface area contributed by atoms with Gasteiger partial charge >= 0.3 is 0 Å². The van der Waals surface area contributed by atoms with Gasteiger partial charge in [-0.05, 0) is 43.0 Å². The molecule has 1 fully saturated rings. The van der Waals surface area contributed by atoms with E-state index in [4.69, 9.17) is 0 Å². The molecule has 6 heteroatoms. The van der Waals surface area contributed by atoms with Gasteiger partial charge in [0, 0.05) is 29.7 Å². The highest BCUT2D eigenvalue weighted by molar-refractivity contribution is 5.82. The van der Waals surface area contributed by atoms with Crippen LogP contribution in [0.1, 0.15) is 24.0 Å². The summed E-state index contributed by atoms with van der Waals surface area (Å²) in [6, 6.07) is 15.7. The molecule has 2 aromatic carbocycles. The van der Waals surface area contributed by atoms with Crippen molar-refractivity contribution in [3.8, 4) is 0 Å². The van der Waals surface area contributed by atoms with E-state index in [1.54, 1.807) is 24.3 Å². The SMILES string of the molecule is O=C(NCc1cc2ccccc2[nH]c1=O)C1CCCN1Cc1ccccc1F. The zero-order valence-corrected chi connectivity index (χ0v) is 15.5. The lowest BCUT2D eigenvalue weighted by Gasteiger charge is -2.24. The van der Waals surface area contributed by atoms with Crippen molar-refractivity contribution in [3.05, 3.63) is 81.9 Å². The fourth-order valence-corrected chi connectivity index (χ4v) is 3.78. The number of hydrogen-bond acceptors (Lipinski definition) is 3. The number of H-pyrrole nitrogens is 1. The predicted molar refractivity (Wildman–Crippen MR) is 106 cm³/mol. The molecule has 2 heterocycles.